The molecule has 0 aromatic carbocycles. The van der Waals surface area contributed by atoms with Gasteiger partial charge in [0.2, 0.25) is 29.5 Å². The number of hydrogen-bond donors (Lipinski definition) is 8. The number of nitrogens with zero attached hydrogens (tertiary/aromatic N) is 1. The predicted octanol–water partition coefficient (Wildman–Crippen LogP) is 7.17. The van der Waals surface area contributed by atoms with Crippen molar-refractivity contribution in [3.63, 3.8) is 0 Å². The number of ether oxygens (including phenoxy) is 2. The molecular formula is C54H100N8O10. The molecule has 18 heteroatoms. The monoisotopic (exact) mass is 1020 g/mol. The number of aliphatic imine (C=N–C) groups is 1. The van der Waals surface area contributed by atoms with E-state index in [0.29, 0.717) is 13.2 Å². The standard InChI is InChI=1S/C54H100N8O10/c1-5-7-9-11-13-15-17-19-21-23-25-27-35-71-40-43(72-36-28-26-24-22-20-18-16-14-12-10-8-6-2)37-42(63)31-29-32-45-51(68)62-49(41(3)4)53(70)61-44(33-30-34-57-54(55)56)50(67)58-39-47(64)59-46(38-48(65)66)52(69)60-45/h41,43-46,49H,5-40H2,1-4H3,(H,58,67)(H,59,64)(H,60,69)(H,61,70)(H,62,68)(H,65,66)(H4,55,56,57)/t43?,44-,45-,46-,49+/m0/s1. The van der Waals surface area contributed by atoms with Gasteiger partial charge in [-0.25, -0.2) is 0 Å². The van der Waals surface area contributed by atoms with Crippen LogP contribution in [-0.2, 0) is 43.0 Å². The fraction of sp³-hybridized carbons (Fsp3) is 0.852. The van der Waals surface area contributed by atoms with Gasteiger partial charge >= 0.3 is 5.97 Å². The van der Waals surface area contributed by atoms with Gasteiger partial charge in [-0.15, -0.1) is 0 Å². The number of guanidine groups is 1. The lowest BCUT2D eigenvalue weighted by Crippen LogP contribution is -2.59. The molecule has 0 spiro atoms. The quantitative estimate of drug-likeness (QED) is 0.0172. The first-order valence-electron chi connectivity index (χ1n) is 28.1. The molecule has 0 aliphatic carbocycles. The number of nitrogens with two attached hydrogens (primary N) is 2. The molecule has 1 rings (SSSR count). The van der Waals surface area contributed by atoms with Gasteiger partial charge in [-0.1, -0.05) is 169 Å². The first kappa shape index (κ1) is 65.7. The number of hydrogen-bond acceptors (Lipinski definition) is 10. The van der Waals surface area contributed by atoms with Crippen molar-refractivity contribution in [3.05, 3.63) is 0 Å². The second kappa shape index (κ2) is 43.1. The van der Waals surface area contributed by atoms with Crippen LogP contribution in [0.2, 0.25) is 0 Å². The number of unbranched alkanes of at least 4 members (excludes halogenated alkanes) is 22. The largest absolute Gasteiger partial charge is 0.481 e. The van der Waals surface area contributed by atoms with Crippen LogP contribution in [0.4, 0.5) is 0 Å². The SMILES string of the molecule is CCCCCCCCCCCCCCOCC(CC(=O)CCC[C@@H]1NC(=O)[C@H](CC(=O)O)NC(=O)CNC(=O)[C@H](CCCN=C(N)N)NC(=O)[C@@H](C(C)C)NC1=O)OCCCCCCCCCCCCCC. The maximum atomic E-state index is 14.0. The highest BCUT2D eigenvalue weighted by molar-refractivity contribution is 5.98. The Labute approximate surface area is 433 Å². The lowest BCUT2D eigenvalue weighted by Gasteiger charge is -2.27. The van der Waals surface area contributed by atoms with Crippen LogP contribution in [0, 0.1) is 5.92 Å². The van der Waals surface area contributed by atoms with Crippen LogP contribution in [0.25, 0.3) is 0 Å². The van der Waals surface area contributed by atoms with E-state index in [1.165, 1.54) is 122 Å². The van der Waals surface area contributed by atoms with E-state index in [9.17, 15) is 38.7 Å². The molecule has 0 aromatic rings. The third kappa shape index (κ3) is 34.9. The predicted molar refractivity (Wildman–Crippen MR) is 284 cm³/mol. The van der Waals surface area contributed by atoms with E-state index < -0.39 is 84.7 Å². The van der Waals surface area contributed by atoms with Crippen molar-refractivity contribution in [1.82, 2.24) is 26.6 Å². The van der Waals surface area contributed by atoms with E-state index in [1.54, 1.807) is 13.8 Å². The molecule has 1 saturated heterocycles. The van der Waals surface area contributed by atoms with E-state index in [0.717, 1.165) is 32.1 Å². The first-order chi connectivity index (χ1) is 34.7. The number of Topliss-reactive ketones (excluding diaryl/α,β-unsaturated/α-hetero) is 1. The number of carboxylic acid groups (broad SMARTS) is 1. The minimum atomic E-state index is -1.61. The molecule has 1 heterocycles. The number of rotatable bonds is 42. The molecule has 1 aliphatic rings. The van der Waals surface area contributed by atoms with E-state index in [-0.39, 0.29) is 63.4 Å². The molecule has 0 bridgehead atoms. The number of carboxylic acids is 1. The van der Waals surface area contributed by atoms with Crippen LogP contribution in [0.3, 0.4) is 0 Å². The number of amides is 5. The Morgan fingerprint density at radius 1 is 0.597 bits per heavy atom. The van der Waals surface area contributed by atoms with Gasteiger partial charge in [-0.3, -0.25) is 38.6 Å². The van der Waals surface area contributed by atoms with Crippen LogP contribution in [-0.4, -0.2) is 116 Å². The van der Waals surface area contributed by atoms with Crippen LogP contribution in [0.1, 0.15) is 227 Å². The Morgan fingerprint density at radius 3 is 1.58 bits per heavy atom. The zero-order valence-corrected chi connectivity index (χ0v) is 45.1. The molecule has 1 unspecified atom stereocenters. The maximum Gasteiger partial charge on any atom is 0.305 e. The topological polar surface area (TPSA) is 283 Å². The van der Waals surface area contributed by atoms with Crippen molar-refractivity contribution in [1.29, 1.82) is 0 Å². The van der Waals surface area contributed by atoms with Gasteiger partial charge < -0.3 is 52.6 Å². The maximum absolute atomic E-state index is 14.0. The summed E-state index contributed by atoms with van der Waals surface area (Å²) < 4.78 is 12.3. The van der Waals surface area contributed by atoms with Crippen molar-refractivity contribution in [2.24, 2.45) is 22.4 Å². The van der Waals surface area contributed by atoms with Crippen LogP contribution in [0.15, 0.2) is 4.99 Å². The van der Waals surface area contributed by atoms with E-state index >= 15 is 0 Å². The Bertz CT molecular complexity index is 1540. The molecule has 1 fully saturated rings. The molecule has 0 saturated carbocycles. The number of carbonyl (C=O) groups is 7. The van der Waals surface area contributed by atoms with Crippen LogP contribution < -0.4 is 38.1 Å². The van der Waals surface area contributed by atoms with E-state index in [2.05, 4.69) is 45.4 Å². The third-order valence-electron chi connectivity index (χ3n) is 13.1. The number of aliphatic carboxylic acids is 1. The minimum absolute atomic E-state index is 0.0449. The van der Waals surface area contributed by atoms with Gasteiger partial charge in [-0.2, -0.15) is 0 Å². The minimum Gasteiger partial charge on any atom is -0.481 e. The molecule has 1 aliphatic heterocycles. The average molecular weight is 1020 g/mol. The molecule has 5 amide bonds. The lowest BCUT2D eigenvalue weighted by molar-refractivity contribution is -0.141. The summed E-state index contributed by atoms with van der Waals surface area (Å²) in [5, 5.41) is 22.3. The molecule has 5 atom stereocenters. The zero-order valence-electron chi connectivity index (χ0n) is 45.1. The molecule has 72 heavy (non-hydrogen) atoms. The fourth-order valence-electron chi connectivity index (χ4n) is 8.76. The second-order valence-corrected chi connectivity index (χ2v) is 20.2. The fourth-order valence-corrected chi connectivity index (χ4v) is 8.76. The second-order valence-electron chi connectivity index (χ2n) is 20.2. The highest BCUT2D eigenvalue weighted by atomic mass is 16.5. The summed E-state index contributed by atoms with van der Waals surface area (Å²) in [7, 11) is 0. The van der Waals surface area contributed by atoms with Crippen LogP contribution >= 0.6 is 0 Å². The molecule has 10 N–H and O–H groups in total. The van der Waals surface area contributed by atoms with Gasteiger partial charge in [0.15, 0.2) is 5.96 Å². The number of nitrogens with one attached hydrogen (secondary N) is 5. The molecule has 0 aromatic heterocycles. The first-order valence-corrected chi connectivity index (χ1v) is 28.1. The zero-order chi connectivity index (χ0) is 53.2. The van der Waals surface area contributed by atoms with Crippen molar-refractivity contribution >= 4 is 47.2 Å². The summed E-state index contributed by atoms with van der Waals surface area (Å²) in [6.07, 6.45) is 29.1. The molecular weight excluding hydrogens is 921 g/mol. The molecule has 0 radical (unpaired) electrons. The Hall–Kier alpha value is -4.32. The Kier molecular flexibility index (Phi) is 39.3. The smallest absolute Gasteiger partial charge is 0.305 e. The third-order valence-corrected chi connectivity index (χ3v) is 13.1. The van der Waals surface area contributed by atoms with Crippen molar-refractivity contribution in [2.45, 2.75) is 257 Å². The van der Waals surface area contributed by atoms with Gasteiger partial charge in [0, 0.05) is 32.6 Å². The lowest BCUT2D eigenvalue weighted by atomic mass is 9.99. The number of carbonyl (C=O) groups excluding carboxylic acids is 6. The summed E-state index contributed by atoms with van der Waals surface area (Å²) in [6.45, 7) is 8.80. The normalized spacial score (nSPS) is 18.5. The Balaban J connectivity index is 2.99. The summed E-state index contributed by atoms with van der Waals surface area (Å²) in [5.41, 5.74) is 10.9. The highest BCUT2D eigenvalue weighted by Gasteiger charge is 2.34. The summed E-state index contributed by atoms with van der Waals surface area (Å²) in [4.78, 5) is 96.8. The van der Waals surface area contributed by atoms with Gasteiger partial charge in [0.05, 0.1) is 25.7 Å². The molecule has 18 nitrogen and oxygen atoms in total. The van der Waals surface area contributed by atoms with Gasteiger partial charge in [0.1, 0.15) is 30.0 Å². The summed E-state index contributed by atoms with van der Waals surface area (Å²) in [6, 6.07) is -5.24. The number of ketones is 1. The highest BCUT2D eigenvalue weighted by Crippen LogP contribution is 2.16. The van der Waals surface area contributed by atoms with Gasteiger partial charge in [0.25, 0.3) is 0 Å². The molecule has 416 valence electrons. The van der Waals surface area contributed by atoms with E-state index in [4.69, 9.17) is 20.9 Å². The average Bonchev–Trinajstić information content (AvgIpc) is 3.33. The Morgan fingerprint density at radius 2 is 1.07 bits per heavy atom. The van der Waals surface area contributed by atoms with Gasteiger partial charge in [-0.05, 0) is 44.4 Å². The van der Waals surface area contributed by atoms with Crippen molar-refractivity contribution in [2.75, 3.05) is 32.9 Å². The summed E-state index contributed by atoms with van der Waals surface area (Å²) in [5.74, 6) is -6.13. The van der Waals surface area contributed by atoms with E-state index in [1.807, 2.05) is 0 Å². The van der Waals surface area contributed by atoms with Crippen LogP contribution in [0.5, 0.6) is 0 Å². The van der Waals surface area contributed by atoms with Crippen molar-refractivity contribution in [3.8, 4) is 0 Å². The van der Waals surface area contributed by atoms with Crippen molar-refractivity contribution < 1.29 is 48.1 Å². The summed E-state index contributed by atoms with van der Waals surface area (Å²) >= 11 is 0.